The monoisotopic (exact) mass is 464 g/mol. The van der Waals surface area contributed by atoms with Crippen molar-refractivity contribution in [2.45, 2.75) is 4.90 Å². The van der Waals surface area contributed by atoms with E-state index >= 15 is 0 Å². The van der Waals surface area contributed by atoms with Gasteiger partial charge in [-0.25, -0.2) is 12.8 Å². The Bertz CT molecular complexity index is 1120. The lowest BCUT2D eigenvalue weighted by Gasteiger charge is -2.14. The average molecular weight is 465 g/mol. The van der Waals surface area contributed by atoms with Gasteiger partial charge in [0, 0.05) is 16.1 Å². The first-order chi connectivity index (χ1) is 13.2. The number of sulfonamides is 1. The number of ether oxygens (including phenoxy) is 1. The molecule has 0 unspecified atom stereocenters. The third-order valence-corrected chi connectivity index (χ3v) is 5.59. The molecule has 3 N–H and O–H groups in total. The fraction of sp³-hybridized carbons (Fsp3) is 0. The Balaban J connectivity index is 1.91. The molecule has 1 amide bonds. The molecule has 0 radical (unpaired) electrons. The molecule has 0 aliphatic heterocycles. The Hall–Kier alpha value is -2.91. The Labute approximate surface area is 169 Å². The van der Waals surface area contributed by atoms with E-state index in [9.17, 15) is 17.6 Å². The summed E-state index contributed by atoms with van der Waals surface area (Å²) < 4.78 is 47.8. The Morgan fingerprint density at radius 3 is 2.25 bits per heavy atom. The van der Waals surface area contributed by atoms with E-state index in [1.807, 2.05) is 0 Å². The highest BCUT2D eigenvalue weighted by molar-refractivity contribution is 9.10. The first-order valence-corrected chi connectivity index (χ1v) is 10.2. The van der Waals surface area contributed by atoms with Crippen LogP contribution >= 0.6 is 15.9 Å². The van der Waals surface area contributed by atoms with Gasteiger partial charge < -0.3 is 10.5 Å². The van der Waals surface area contributed by atoms with E-state index in [-0.39, 0.29) is 21.9 Å². The molecule has 28 heavy (non-hydrogen) atoms. The number of anilines is 1. The molecule has 0 spiro atoms. The van der Waals surface area contributed by atoms with E-state index in [2.05, 4.69) is 20.7 Å². The molecule has 0 saturated heterocycles. The number of nitrogens with two attached hydrogens (primary N) is 1. The summed E-state index contributed by atoms with van der Waals surface area (Å²) in [6.07, 6.45) is 0. The fourth-order valence-electron chi connectivity index (χ4n) is 2.30. The van der Waals surface area contributed by atoms with E-state index in [1.165, 1.54) is 30.3 Å². The molecule has 0 aromatic heterocycles. The van der Waals surface area contributed by atoms with Gasteiger partial charge in [-0.05, 0) is 60.7 Å². The van der Waals surface area contributed by atoms with Gasteiger partial charge in [0.05, 0.1) is 10.6 Å². The van der Waals surface area contributed by atoms with Crippen molar-refractivity contribution >= 4 is 37.5 Å². The molecule has 144 valence electrons. The first kappa shape index (κ1) is 19.8. The molecule has 0 fully saturated rings. The number of hydrogen-bond acceptors (Lipinski definition) is 4. The van der Waals surface area contributed by atoms with Crippen molar-refractivity contribution in [3.63, 3.8) is 0 Å². The van der Waals surface area contributed by atoms with Crippen molar-refractivity contribution in [2.24, 2.45) is 5.73 Å². The molecule has 0 bridgehead atoms. The van der Waals surface area contributed by atoms with Crippen LogP contribution in [0.4, 0.5) is 10.1 Å². The predicted molar refractivity (Wildman–Crippen MR) is 106 cm³/mol. The van der Waals surface area contributed by atoms with Crippen LogP contribution in [-0.4, -0.2) is 14.3 Å². The molecule has 0 heterocycles. The molecule has 0 saturated carbocycles. The van der Waals surface area contributed by atoms with Gasteiger partial charge in [-0.2, -0.15) is 0 Å². The van der Waals surface area contributed by atoms with Gasteiger partial charge in [-0.1, -0.05) is 15.9 Å². The summed E-state index contributed by atoms with van der Waals surface area (Å²) in [6.45, 7) is 0. The van der Waals surface area contributed by atoms with Crippen molar-refractivity contribution in [3.05, 3.63) is 82.6 Å². The van der Waals surface area contributed by atoms with Gasteiger partial charge in [0.15, 0.2) is 5.75 Å². The average Bonchev–Trinajstić information content (AvgIpc) is 2.65. The summed E-state index contributed by atoms with van der Waals surface area (Å²) in [5, 5.41) is 0. The van der Waals surface area contributed by atoms with Gasteiger partial charge in [0.1, 0.15) is 11.6 Å². The van der Waals surface area contributed by atoms with Crippen molar-refractivity contribution in [1.82, 2.24) is 0 Å². The van der Waals surface area contributed by atoms with Crippen LogP contribution in [0, 0.1) is 5.82 Å². The first-order valence-electron chi connectivity index (χ1n) is 7.90. The van der Waals surface area contributed by atoms with E-state index in [0.29, 0.717) is 5.75 Å². The van der Waals surface area contributed by atoms with Crippen LogP contribution in [0.2, 0.25) is 0 Å². The summed E-state index contributed by atoms with van der Waals surface area (Å²) in [6, 6.07) is 15.4. The lowest BCUT2D eigenvalue weighted by Crippen LogP contribution is -2.15. The molecular formula is C19H14BrFN2O4S. The third kappa shape index (κ3) is 4.68. The lowest BCUT2D eigenvalue weighted by atomic mass is 10.2. The van der Waals surface area contributed by atoms with Gasteiger partial charge in [0.2, 0.25) is 5.91 Å². The maximum absolute atomic E-state index is 13.7. The number of benzene rings is 3. The van der Waals surface area contributed by atoms with Gasteiger partial charge >= 0.3 is 0 Å². The minimum atomic E-state index is -4.05. The highest BCUT2D eigenvalue weighted by Gasteiger charge is 2.18. The largest absolute Gasteiger partial charge is 0.455 e. The molecule has 3 aromatic carbocycles. The Morgan fingerprint density at radius 1 is 1.00 bits per heavy atom. The van der Waals surface area contributed by atoms with Crippen LogP contribution in [0.15, 0.2) is 76.1 Å². The topological polar surface area (TPSA) is 98.5 Å². The van der Waals surface area contributed by atoms with Crippen LogP contribution in [0.5, 0.6) is 11.5 Å². The number of primary amides is 1. The molecule has 9 heteroatoms. The zero-order chi connectivity index (χ0) is 20.3. The molecular weight excluding hydrogens is 451 g/mol. The number of amides is 1. The van der Waals surface area contributed by atoms with E-state index < -0.39 is 21.7 Å². The lowest BCUT2D eigenvalue weighted by molar-refractivity contribution is 0.1000. The normalized spacial score (nSPS) is 11.1. The van der Waals surface area contributed by atoms with E-state index in [1.54, 1.807) is 24.3 Å². The minimum absolute atomic E-state index is 0.0677. The van der Waals surface area contributed by atoms with Crippen LogP contribution in [0.3, 0.4) is 0 Å². The van der Waals surface area contributed by atoms with Crippen LogP contribution in [-0.2, 0) is 10.0 Å². The maximum atomic E-state index is 13.7. The third-order valence-electron chi connectivity index (χ3n) is 3.68. The van der Waals surface area contributed by atoms with E-state index in [4.69, 9.17) is 10.5 Å². The fourth-order valence-corrected chi connectivity index (χ4v) is 3.63. The van der Waals surface area contributed by atoms with Crippen molar-refractivity contribution in [2.75, 3.05) is 4.72 Å². The molecule has 3 rings (SSSR count). The number of carbonyl (C=O) groups is 1. The number of carbonyl (C=O) groups excluding carboxylic acids is 1. The molecule has 3 aromatic rings. The summed E-state index contributed by atoms with van der Waals surface area (Å²) >= 11 is 3.31. The highest BCUT2D eigenvalue weighted by Crippen LogP contribution is 2.32. The smallest absolute Gasteiger partial charge is 0.262 e. The summed E-state index contributed by atoms with van der Waals surface area (Å²) in [4.78, 5) is 11.0. The molecule has 6 nitrogen and oxygen atoms in total. The van der Waals surface area contributed by atoms with Crippen LogP contribution in [0.1, 0.15) is 10.4 Å². The zero-order valence-electron chi connectivity index (χ0n) is 14.2. The number of hydrogen-bond donors (Lipinski definition) is 2. The number of nitrogens with one attached hydrogen (secondary N) is 1. The second-order valence-corrected chi connectivity index (χ2v) is 8.29. The van der Waals surface area contributed by atoms with Crippen molar-refractivity contribution in [3.8, 4) is 11.5 Å². The summed E-state index contributed by atoms with van der Waals surface area (Å²) in [5.41, 5.74) is 5.25. The Kier molecular flexibility index (Phi) is 5.66. The second-order valence-electron chi connectivity index (χ2n) is 5.69. The molecule has 0 aliphatic rings. The maximum Gasteiger partial charge on any atom is 0.262 e. The van der Waals surface area contributed by atoms with Gasteiger partial charge in [-0.15, -0.1) is 0 Å². The van der Waals surface area contributed by atoms with Crippen LogP contribution < -0.4 is 15.2 Å². The van der Waals surface area contributed by atoms with Gasteiger partial charge in [-0.3, -0.25) is 9.52 Å². The number of rotatable bonds is 6. The highest BCUT2D eigenvalue weighted by atomic mass is 79.9. The second kappa shape index (κ2) is 7.99. The summed E-state index contributed by atoms with van der Waals surface area (Å²) in [7, 11) is -4.05. The molecule has 0 atom stereocenters. The SMILES string of the molecule is NC(=O)c1ccc(S(=O)(=O)Nc2cc(F)ccc2Oc2ccc(Br)cc2)cc1. The summed E-state index contributed by atoms with van der Waals surface area (Å²) in [5.74, 6) is -0.737. The Morgan fingerprint density at radius 2 is 1.64 bits per heavy atom. The predicted octanol–water partition coefficient (Wildman–Crippen LogP) is 4.28. The number of halogens is 2. The van der Waals surface area contributed by atoms with Crippen molar-refractivity contribution in [1.29, 1.82) is 0 Å². The van der Waals surface area contributed by atoms with Gasteiger partial charge in [0.25, 0.3) is 10.0 Å². The molecule has 0 aliphatic carbocycles. The standard InChI is InChI=1S/C19H14BrFN2O4S/c20-13-3-6-15(7-4-13)27-18-10-5-14(21)11-17(18)23-28(25,26)16-8-1-12(2-9-16)19(22)24/h1-11,23H,(H2,22,24). The quantitative estimate of drug-likeness (QED) is 0.568. The van der Waals surface area contributed by atoms with E-state index in [0.717, 1.165) is 16.6 Å². The minimum Gasteiger partial charge on any atom is -0.455 e. The van der Waals surface area contributed by atoms with Crippen LogP contribution in [0.25, 0.3) is 0 Å². The van der Waals surface area contributed by atoms with Crippen molar-refractivity contribution < 1.29 is 22.3 Å². The zero-order valence-corrected chi connectivity index (χ0v) is 16.6.